The van der Waals surface area contributed by atoms with Gasteiger partial charge in [0.1, 0.15) is 5.41 Å². The van der Waals surface area contributed by atoms with E-state index in [-0.39, 0.29) is 11.9 Å². The summed E-state index contributed by atoms with van der Waals surface area (Å²) in [5, 5.41) is 12.3. The van der Waals surface area contributed by atoms with E-state index in [1.165, 1.54) is 6.42 Å². The van der Waals surface area contributed by atoms with Gasteiger partial charge in [-0.3, -0.25) is 4.79 Å². The third-order valence-corrected chi connectivity index (χ3v) is 3.79. The highest BCUT2D eigenvalue weighted by molar-refractivity contribution is 5.85. The summed E-state index contributed by atoms with van der Waals surface area (Å²) in [7, 11) is 0. The Morgan fingerprint density at radius 1 is 1.32 bits per heavy atom. The second-order valence-corrected chi connectivity index (χ2v) is 6.01. The van der Waals surface area contributed by atoms with Gasteiger partial charge in [0.25, 0.3) is 0 Å². The van der Waals surface area contributed by atoms with Crippen LogP contribution >= 0.6 is 0 Å². The molecule has 1 saturated heterocycles. The van der Waals surface area contributed by atoms with Gasteiger partial charge in [-0.25, -0.2) is 0 Å². The van der Waals surface area contributed by atoms with Crippen molar-refractivity contribution in [2.24, 2.45) is 11.3 Å². The van der Waals surface area contributed by atoms with Crippen molar-refractivity contribution in [1.82, 2.24) is 5.32 Å². The predicted molar refractivity (Wildman–Crippen MR) is 74.4 cm³/mol. The normalized spacial score (nSPS) is 19.7. The molecular formula is C15H26N2O2. The van der Waals surface area contributed by atoms with Crippen molar-refractivity contribution in [3.63, 3.8) is 0 Å². The molecule has 1 N–H and O–H groups in total. The molecule has 4 nitrogen and oxygen atoms in total. The first-order valence-corrected chi connectivity index (χ1v) is 7.30. The fourth-order valence-corrected chi connectivity index (χ4v) is 2.38. The SMILES string of the molecule is CC(C)CCCC(C)NC(=O)C1(C#N)CCOCC1. The van der Waals surface area contributed by atoms with E-state index in [0.717, 1.165) is 12.8 Å². The maximum Gasteiger partial charge on any atom is 0.240 e. The number of hydrogen-bond donors (Lipinski definition) is 1. The van der Waals surface area contributed by atoms with Gasteiger partial charge >= 0.3 is 0 Å². The highest BCUT2D eigenvalue weighted by atomic mass is 16.5. The lowest BCUT2D eigenvalue weighted by Crippen LogP contribution is -2.46. The monoisotopic (exact) mass is 266 g/mol. The molecule has 0 aromatic heterocycles. The van der Waals surface area contributed by atoms with E-state index in [2.05, 4.69) is 25.2 Å². The van der Waals surface area contributed by atoms with Crippen LogP contribution in [-0.4, -0.2) is 25.2 Å². The molecule has 0 saturated carbocycles. The van der Waals surface area contributed by atoms with Gasteiger partial charge in [-0.05, 0) is 32.1 Å². The average Bonchev–Trinajstić information content (AvgIpc) is 2.39. The number of carbonyl (C=O) groups excluding carboxylic acids is 1. The lowest BCUT2D eigenvalue weighted by Gasteiger charge is -2.30. The molecule has 1 amide bonds. The predicted octanol–water partition coefficient (Wildman–Crippen LogP) is 2.64. The Bertz CT molecular complexity index is 328. The molecule has 0 bridgehead atoms. The molecule has 1 aliphatic heterocycles. The highest BCUT2D eigenvalue weighted by Crippen LogP contribution is 2.30. The van der Waals surface area contributed by atoms with Crippen molar-refractivity contribution in [1.29, 1.82) is 5.26 Å². The number of nitrogens with zero attached hydrogens (tertiary/aromatic N) is 1. The number of carbonyl (C=O) groups is 1. The second-order valence-electron chi connectivity index (χ2n) is 6.01. The van der Waals surface area contributed by atoms with Gasteiger partial charge in [-0.15, -0.1) is 0 Å². The molecule has 1 atom stereocenters. The minimum atomic E-state index is -0.870. The van der Waals surface area contributed by atoms with Gasteiger partial charge in [0.15, 0.2) is 0 Å². The Kier molecular flexibility index (Phi) is 6.30. The van der Waals surface area contributed by atoms with Crippen molar-refractivity contribution in [3.8, 4) is 6.07 Å². The maximum atomic E-state index is 12.3. The number of amides is 1. The highest BCUT2D eigenvalue weighted by Gasteiger charge is 2.40. The molecule has 0 radical (unpaired) electrons. The molecule has 1 aliphatic rings. The molecule has 4 heteroatoms. The molecule has 1 rings (SSSR count). The van der Waals surface area contributed by atoms with Crippen LogP contribution in [0, 0.1) is 22.7 Å². The zero-order chi connectivity index (χ0) is 14.3. The summed E-state index contributed by atoms with van der Waals surface area (Å²) in [6.45, 7) is 7.43. The molecule has 0 aromatic carbocycles. The van der Waals surface area contributed by atoms with Crippen molar-refractivity contribution in [2.75, 3.05) is 13.2 Å². The van der Waals surface area contributed by atoms with Crippen LogP contribution in [0.4, 0.5) is 0 Å². The van der Waals surface area contributed by atoms with E-state index in [1.54, 1.807) is 0 Å². The Labute approximate surface area is 116 Å². The van der Waals surface area contributed by atoms with Crippen LogP contribution in [0.2, 0.25) is 0 Å². The average molecular weight is 266 g/mol. The molecule has 108 valence electrons. The molecule has 1 heterocycles. The van der Waals surface area contributed by atoms with Crippen LogP contribution in [0.3, 0.4) is 0 Å². The van der Waals surface area contributed by atoms with Gasteiger partial charge in [0.2, 0.25) is 5.91 Å². The van der Waals surface area contributed by atoms with Gasteiger partial charge in [0.05, 0.1) is 6.07 Å². The topological polar surface area (TPSA) is 62.1 Å². The lowest BCUT2D eigenvalue weighted by molar-refractivity contribution is -0.133. The quantitative estimate of drug-likeness (QED) is 0.804. The summed E-state index contributed by atoms with van der Waals surface area (Å²) < 4.78 is 5.24. The molecule has 1 unspecified atom stereocenters. The molecule has 0 spiro atoms. The Balaban J connectivity index is 2.42. The summed E-state index contributed by atoms with van der Waals surface area (Å²) in [4.78, 5) is 12.3. The number of ether oxygens (including phenoxy) is 1. The molecule has 0 aliphatic carbocycles. The first-order chi connectivity index (χ1) is 9.00. The first kappa shape index (κ1) is 16.0. The Morgan fingerprint density at radius 3 is 2.47 bits per heavy atom. The fourth-order valence-electron chi connectivity index (χ4n) is 2.38. The van der Waals surface area contributed by atoms with Crippen LogP contribution in [0.1, 0.15) is 52.9 Å². The van der Waals surface area contributed by atoms with Gasteiger partial charge in [-0.2, -0.15) is 5.26 Å². The maximum absolute atomic E-state index is 12.3. The standard InChI is InChI=1S/C15H26N2O2/c1-12(2)5-4-6-13(3)17-14(18)15(11-16)7-9-19-10-8-15/h12-13H,4-10H2,1-3H3,(H,17,18). The minimum Gasteiger partial charge on any atom is -0.381 e. The zero-order valence-corrected chi connectivity index (χ0v) is 12.4. The molecule has 0 aromatic rings. The van der Waals surface area contributed by atoms with Crippen molar-refractivity contribution >= 4 is 5.91 Å². The molecule has 1 fully saturated rings. The Hall–Kier alpha value is -1.08. The van der Waals surface area contributed by atoms with E-state index in [9.17, 15) is 10.1 Å². The summed E-state index contributed by atoms with van der Waals surface area (Å²) in [5.41, 5.74) is -0.870. The van der Waals surface area contributed by atoms with Crippen LogP contribution < -0.4 is 5.32 Å². The molecular weight excluding hydrogens is 240 g/mol. The van der Waals surface area contributed by atoms with E-state index >= 15 is 0 Å². The van der Waals surface area contributed by atoms with Gasteiger partial charge in [-0.1, -0.05) is 26.7 Å². The smallest absolute Gasteiger partial charge is 0.240 e. The van der Waals surface area contributed by atoms with Crippen molar-refractivity contribution < 1.29 is 9.53 Å². The van der Waals surface area contributed by atoms with Gasteiger partial charge < -0.3 is 10.1 Å². The van der Waals surface area contributed by atoms with E-state index < -0.39 is 5.41 Å². The van der Waals surface area contributed by atoms with Crippen molar-refractivity contribution in [2.45, 2.75) is 58.9 Å². The summed E-state index contributed by atoms with van der Waals surface area (Å²) in [5.74, 6) is 0.583. The summed E-state index contributed by atoms with van der Waals surface area (Å²) in [6, 6.07) is 2.34. The molecule has 19 heavy (non-hydrogen) atoms. The van der Waals surface area contributed by atoms with E-state index in [1.807, 2.05) is 6.92 Å². The van der Waals surface area contributed by atoms with Crippen LogP contribution in [-0.2, 0) is 9.53 Å². The number of nitrogens with one attached hydrogen (secondary N) is 1. The lowest BCUT2D eigenvalue weighted by atomic mass is 9.80. The van der Waals surface area contributed by atoms with Crippen LogP contribution in [0.15, 0.2) is 0 Å². The number of rotatable bonds is 6. The van der Waals surface area contributed by atoms with Crippen LogP contribution in [0.25, 0.3) is 0 Å². The van der Waals surface area contributed by atoms with E-state index in [4.69, 9.17) is 4.74 Å². The Morgan fingerprint density at radius 2 is 1.95 bits per heavy atom. The summed E-state index contributed by atoms with van der Waals surface area (Å²) in [6.07, 6.45) is 4.28. The number of hydrogen-bond acceptors (Lipinski definition) is 3. The largest absolute Gasteiger partial charge is 0.381 e. The van der Waals surface area contributed by atoms with Crippen molar-refractivity contribution in [3.05, 3.63) is 0 Å². The third kappa shape index (κ3) is 4.83. The van der Waals surface area contributed by atoms with Crippen LogP contribution in [0.5, 0.6) is 0 Å². The van der Waals surface area contributed by atoms with Gasteiger partial charge in [0, 0.05) is 19.3 Å². The first-order valence-electron chi connectivity index (χ1n) is 7.30. The summed E-state index contributed by atoms with van der Waals surface area (Å²) >= 11 is 0. The fraction of sp³-hybridized carbons (Fsp3) is 0.867. The minimum absolute atomic E-state index is 0.115. The second kappa shape index (κ2) is 7.49. The number of nitriles is 1. The van der Waals surface area contributed by atoms with E-state index in [0.29, 0.717) is 32.0 Å². The zero-order valence-electron chi connectivity index (χ0n) is 12.4. The third-order valence-electron chi connectivity index (χ3n) is 3.79.